The summed E-state index contributed by atoms with van der Waals surface area (Å²) in [5.74, 6) is 1.12. The van der Waals surface area contributed by atoms with Gasteiger partial charge in [-0.2, -0.15) is 0 Å². The van der Waals surface area contributed by atoms with E-state index in [-0.39, 0.29) is 29.7 Å². The van der Waals surface area contributed by atoms with Crippen LogP contribution in [0.2, 0.25) is 0 Å². The zero-order chi connectivity index (χ0) is 22.3. The normalized spacial score (nSPS) is 21.3. The summed E-state index contributed by atoms with van der Waals surface area (Å²) in [5, 5.41) is 3.10. The van der Waals surface area contributed by atoms with Crippen molar-refractivity contribution < 1.29 is 14.3 Å². The predicted octanol–water partition coefficient (Wildman–Crippen LogP) is 4.52. The van der Waals surface area contributed by atoms with Crippen molar-refractivity contribution in [3.05, 3.63) is 65.7 Å². The molecule has 2 amide bonds. The molecule has 1 aliphatic heterocycles. The molecule has 0 radical (unpaired) electrons. The van der Waals surface area contributed by atoms with E-state index >= 15 is 0 Å². The van der Waals surface area contributed by atoms with Gasteiger partial charge in [0.05, 0.1) is 19.1 Å². The van der Waals surface area contributed by atoms with Crippen LogP contribution < -0.4 is 10.1 Å². The molecule has 5 nitrogen and oxygen atoms in total. The van der Waals surface area contributed by atoms with Crippen LogP contribution in [0.3, 0.4) is 0 Å². The van der Waals surface area contributed by atoms with Crippen molar-refractivity contribution in [1.82, 2.24) is 10.2 Å². The first kappa shape index (κ1) is 22.4. The highest BCUT2D eigenvalue weighted by Gasteiger charge is 2.38. The topological polar surface area (TPSA) is 58.6 Å². The average molecular weight is 435 g/mol. The maximum atomic E-state index is 13.4. The van der Waals surface area contributed by atoms with Gasteiger partial charge in [-0.15, -0.1) is 0 Å². The van der Waals surface area contributed by atoms with Crippen LogP contribution in [-0.4, -0.2) is 36.9 Å². The van der Waals surface area contributed by atoms with E-state index in [0.717, 1.165) is 56.3 Å². The number of nitrogens with one attached hydrogen (secondary N) is 1. The van der Waals surface area contributed by atoms with Crippen molar-refractivity contribution >= 4 is 11.8 Å². The Hall–Kier alpha value is -2.82. The van der Waals surface area contributed by atoms with Crippen LogP contribution in [0.1, 0.15) is 55.7 Å². The number of carbonyl (C=O) groups excluding carboxylic acids is 2. The minimum atomic E-state index is -0.142. The number of carbonyl (C=O) groups is 2. The van der Waals surface area contributed by atoms with E-state index in [1.54, 1.807) is 7.11 Å². The van der Waals surface area contributed by atoms with Gasteiger partial charge in [-0.05, 0) is 55.4 Å². The molecule has 1 heterocycles. The highest BCUT2D eigenvalue weighted by molar-refractivity contribution is 5.83. The number of amides is 2. The molecule has 170 valence electrons. The second-order valence-electron chi connectivity index (χ2n) is 9.06. The lowest BCUT2D eigenvalue weighted by molar-refractivity contribution is -0.142. The van der Waals surface area contributed by atoms with Crippen molar-refractivity contribution in [2.45, 2.75) is 51.0 Å². The van der Waals surface area contributed by atoms with Gasteiger partial charge in [0.2, 0.25) is 11.8 Å². The van der Waals surface area contributed by atoms with E-state index in [9.17, 15) is 9.59 Å². The van der Waals surface area contributed by atoms with Gasteiger partial charge in [0.15, 0.2) is 0 Å². The molecular formula is C27H34N2O3. The Balaban J connectivity index is 1.37. The summed E-state index contributed by atoms with van der Waals surface area (Å²) in [6.45, 7) is 1.11. The Bertz CT molecular complexity index is 891. The third-order valence-corrected chi connectivity index (χ3v) is 7.00. The van der Waals surface area contributed by atoms with Crippen LogP contribution >= 0.6 is 0 Å². The Labute approximate surface area is 191 Å². The van der Waals surface area contributed by atoms with Crippen LogP contribution in [0.4, 0.5) is 0 Å². The van der Waals surface area contributed by atoms with Crippen LogP contribution in [-0.2, 0) is 16.0 Å². The first-order chi connectivity index (χ1) is 15.7. The molecule has 2 unspecified atom stereocenters. The van der Waals surface area contributed by atoms with E-state index in [1.165, 1.54) is 5.56 Å². The summed E-state index contributed by atoms with van der Waals surface area (Å²) >= 11 is 0. The highest BCUT2D eigenvalue weighted by Crippen LogP contribution is 2.37. The fraction of sp³-hybridized carbons (Fsp3) is 0.481. The minimum absolute atomic E-state index is 0.0641. The van der Waals surface area contributed by atoms with Gasteiger partial charge in [0.25, 0.3) is 0 Å². The molecule has 0 bridgehead atoms. The van der Waals surface area contributed by atoms with E-state index in [0.29, 0.717) is 13.1 Å². The highest BCUT2D eigenvalue weighted by atomic mass is 16.5. The van der Waals surface area contributed by atoms with E-state index in [1.807, 2.05) is 47.4 Å². The summed E-state index contributed by atoms with van der Waals surface area (Å²) < 4.78 is 5.20. The summed E-state index contributed by atoms with van der Waals surface area (Å²) in [6.07, 6.45) is 6.65. The van der Waals surface area contributed by atoms with Crippen LogP contribution in [0.5, 0.6) is 5.75 Å². The lowest BCUT2D eigenvalue weighted by Gasteiger charge is -2.40. The third-order valence-electron chi connectivity index (χ3n) is 7.00. The predicted molar refractivity (Wildman–Crippen MR) is 125 cm³/mol. The second-order valence-corrected chi connectivity index (χ2v) is 9.06. The summed E-state index contributed by atoms with van der Waals surface area (Å²) in [4.78, 5) is 28.4. The maximum absolute atomic E-state index is 13.4. The molecule has 2 aliphatic rings. The molecule has 2 fully saturated rings. The van der Waals surface area contributed by atoms with Gasteiger partial charge in [-0.25, -0.2) is 0 Å². The van der Waals surface area contributed by atoms with Crippen molar-refractivity contribution in [2.24, 2.45) is 11.8 Å². The molecule has 32 heavy (non-hydrogen) atoms. The Morgan fingerprint density at radius 2 is 1.66 bits per heavy atom. The van der Waals surface area contributed by atoms with E-state index < -0.39 is 0 Å². The van der Waals surface area contributed by atoms with Gasteiger partial charge in [-0.1, -0.05) is 55.3 Å². The summed E-state index contributed by atoms with van der Waals surface area (Å²) in [6, 6.07) is 18.3. The number of piperidine rings is 1. The van der Waals surface area contributed by atoms with Crippen molar-refractivity contribution in [2.75, 3.05) is 20.2 Å². The van der Waals surface area contributed by atoms with Gasteiger partial charge in [-0.3, -0.25) is 9.59 Å². The maximum Gasteiger partial charge on any atom is 0.226 e. The first-order valence-corrected chi connectivity index (χ1v) is 11.9. The van der Waals surface area contributed by atoms with Crippen molar-refractivity contribution in [1.29, 1.82) is 0 Å². The molecule has 1 saturated carbocycles. The molecule has 1 saturated heterocycles. The van der Waals surface area contributed by atoms with Crippen LogP contribution in [0, 0.1) is 11.8 Å². The summed E-state index contributed by atoms with van der Waals surface area (Å²) in [7, 11) is 1.66. The quantitative estimate of drug-likeness (QED) is 0.697. The molecule has 2 aromatic carbocycles. The molecule has 1 N–H and O–H groups in total. The summed E-state index contributed by atoms with van der Waals surface area (Å²) in [5.41, 5.74) is 2.34. The number of likely N-dealkylation sites (tertiary alicyclic amines) is 1. The molecule has 1 aliphatic carbocycles. The van der Waals surface area contributed by atoms with Crippen molar-refractivity contribution in [3.63, 3.8) is 0 Å². The van der Waals surface area contributed by atoms with E-state index in [4.69, 9.17) is 4.74 Å². The van der Waals surface area contributed by atoms with Gasteiger partial charge < -0.3 is 15.0 Å². The standard InChI is InChI=1S/C27H34N2O3/c1-32-24-14-11-20(12-15-24)17-18-28-26(30)23-13-16-25(21-7-3-2-4-8-21)29(19-23)27(31)22-9-5-6-10-22/h2-4,7-8,11-12,14-15,22-23,25H,5-6,9-10,13,16-19H2,1H3,(H,28,30). The smallest absolute Gasteiger partial charge is 0.226 e. The largest absolute Gasteiger partial charge is 0.497 e. The number of nitrogens with zero attached hydrogens (tertiary/aromatic N) is 1. The number of benzene rings is 2. The average Bonchev–Trinajstić information content (AvgIpc) is 3.39. The number of hydrogen-bond donors (Lipinski definition) is 1. The fourth-order valence-corrected chi connectivity index (χ4v) is 5.12. The Morgan fingerprint density at radius 1 is 0.938 bits per heavy atom. The second kappa shape index (κ2) is 10.7. The monoisotopic (exact) mass is 434 g/mol. The first-order valence-electron chi connectivity index (χ1n) is 11.9. The zero-order valence-electron chi connectivity index (χ0n) is 19.0. The van der Waals surface area contributed by atoms with Gasteiger partial charge in [0.1, 0.15) is 5.75 Å². The minimum Gasteiger partial charge on any atom is -0.497 e. The molecule has 4 rings (SSSR count). The molecule has 2 aromatic rings. The number of methoxy groups -OCH3 is 1. The fourth-order valence-electron chi connectivity index (χ4n) is 5.12. The number of hydrogen-bond acceptors (Lipinski definition) is 3. The van der Waals surface area contributed by atoms with Crippen molar-refractivity contribution in [3.8, 4) is 5.75 Å². The number of rotatable bonds is 7. The molecule has 0 aromatic heterocycles. The van der Waals surface area contributed by atoms with Crippen LogP contribution in [0.25, 0.3) is 0 Å². The molecule has 0 spiro atoms. The third kappa shape index (κ3) is 5.32. The molecular weight excluding hydrogens is 400 g/mol. The number of ether oxygens (including phenoxy) is 1. The van der Waals surface area contributed by atoms with Gasteiger partial charge in [0, 0.05) is 19.0 Å². The zero-order valence-corrected chi connectivity index (χ0v) is 19.0. The van der Waals surface area contributed by atoms with E-state index in [2.05, 4.69) is 17.4 Å². The van der Waals surface area contributed by atoms with Crippen LogP contribution in [0.15, 0.2) is 54.6 Å². The Morgan fingerprint density at radius 3 is 2.34 bits per heavy atom. The molecule has 5 heteroatoms. The van der Waals surface area contributed by atoms with Gasteiger partial charge >= 0.3 is 0 Å². The Kier molecular flexibility index (Phi) is 7.46. The lowest BCUT2D eigenvalue weighted by Crippen LogP contribution is -2.48. The molecule has 2 atom stereocenters. The SMILES string of the molecule is COc1ccc(CCNC(=O)C2CCC(c3ccccc3)N(C(=O)C3CCCC3)C2)cc1. The lowest BCUT2D eigenvalue weighted by atomic mass is 9.87.